The van der Waals surface area contributed by atoms with E-state index in [4.69, 9.17) is 4.74 Å². The number of carbonyl (C=O) groups is 1. The Hall–Kier alpha value is -0.650. The van der Waals surface area contributed by atoms with Crippen molar-refractivity contribution in [3.8, 4) is 11.8 Å². The number of allylic oxidation sites excluding steroid dienone is 2. The summed E-state index contributed by atoms with van der Waals surface area (Å²) in [5, 5.41) is 30.4. The topological polar surface area (TPSA) is 89.8 Å². The molecule has 0 unspecified atom stereocenters. The Morgan fingerprint density at radius 1 is 1.43 bits per heavy atom. The van der Waals surface area contributed by atoms with Crippen LogP contribution in [0.25, 0.3) is 0 Å². The average Bonchev–Trinajstić information content (AvgIpc) is 3.03. The van der Waals surface area contributed by atoms with Gasteiger partial charge in [0.2, 0.25) is 0 Å². The van der Waals surface area contributed by atoms with Crippen LogP contribution < -0.4 is 34.7 Å². The monoisotopic (exact) mass is 408 g/mol. The molecule has 2 fully saturated rings. The molecule has 0 aromatic rings. The molecule has 1 aliphatic heterocycles. The predicted molar refractivity (Wildman–Crippen MR) is 92.3 cm³/mol. The summed E-state index contributed by atoms with van der Waals surface area (Å²) in [4.78, 5) is 10.4. The number of fused-ring (bicyclic) bond motifs is 1. The number of unbranched alkanes of at least 4 members (excludes halogenated alkanes) is 3. The second kappa shape index (κ2) is 11.5. The second-order valence-corrected chi connectivity index (χ2v) is 7.27. The Labute approximate surface area is 186 Å². The molecule has 0 spiro atoms. The third kappa shape index (κ3) is 6.43. The summed E-state index contributed by atoms with van der Waals surface area (Å²) in [7, 11) is 0. The van der Waals surface area contributed by atoms with E-state index in [1.54, 1.807) is 0 Å². The summed E-state index contributed by atoms with van der Waals surface area (Å²) in [6.07, 6.45) is 1.92. The van der Waals surface area contributed by atoms with Crippen molar-refractivity contribution in [1.82, 2.24) is 0 Å². The first-order valence-electron chi connectivity index (χ1n) is 9.59. The normalized spacial score (nSPS) is 30.0. The van der Waals surface area contributed by atoms with Gasteiger partial charge in [0.25, 0.3) is 0 Å². The number of aliphatic carboxylic acids is 1. The molecule has 1 saturated heterocycles. The third-order valence-corrected chi connectivity index (χ3v) is 5.11. The van der Waals surface area contributed by atoms with Crippen molar-refractivity contribution in [2.24, 2.45) is 11.8 Å². The van der Waals surface area contributed by atoms with Crippen LogP contribution >= 0.6 is 0 Å². The number of halogens is 2. The third-order valence-electron chi connectivity index (χ3n) is 5.11. The van der Waals surface area contributed by atoms with E-state index in [9.17, 15) is 28.9 Å². The van der Waals surface area contributed by atoms with Crippen LogP contribution in [-0.2, 0) is 9.53 Å². The van der Waals surface area contributed by atoms with Crippen molar-refractivity contribution in [2.45, 2.75) is 82.5 Å². The summed E-state index contributed by atoms with van der Waals surface area (Å²) in [6.45, 7) is 2.04. The fourth-order valence-electron chi connectivity index (χ4n) is 3.69. The Morgan fingerprint density at radius 3 is 2.79 bits per heavy atom. The minimum Gasteiger partial charge on any atom is -0.550 e. The van der Waals surface area contributed by atoms with Gasteiger partial charge in [0.05, 0.1) is 17.9 Å². The van der Waals surface area contributed by atoms with Gasteiger partial charge in [-0.1, -0.05) is 31.6 Å². The van der Waals surface area contributed by atoms with E-state index in [0.717, 1.165) is 19.3 Å². The summed E-state index contributed by atoms with van der Waals surface area (Å²) < 4.78 is 34.9. The molecule has 2 N–H and O–H groups in total. The smallest absolute Gasteiger partial charge is 0.550 e. The zero-order chi connectivity index (χ0) is 20.0. The summed E-state index contributed by atoms with van der Waals surface area (Å²) in [5.41, 5.74) is 0. The second-order valence-electron chi connectivity index (χ2n) is 7.27. The van der Waals surface area contributed by atoms with Gasteiger partial charge in [-0.2, -0.15) is 8.78 Å². The molecule has 1 aliphatic carbocycles. The summed E-state index contributed by atoms with van der Waals surface area (Å²) in [5.74, 6) is -1.94. The van der Waals surface area contributed by atoms with Gasteiger partial charge in [0.1, 0.15) is 12.2 Å². The number of rotatable bonds is 8. The van der Waals surface area contributed by atoms with Gasteiger partial charge in [-0.3, -0.25) is 0 Å². The molecular formula is C20H27F2NaO5. The number of carbonyl (C=O) groups excluding carboxylic acids is 1. The number of aliphatic hydroxyl groups is 2. The number of ether oxygens (including phenoxy) is 1. The van der Waals surface area contributed by atoms with Gasteiger partial charge in [0, 0.05) is 12.4 Å². The van der Waals surface area contributed by atoms with Crippen LogP contribution in [0.5, 0.6) is 0 Å². The number of carboxylic acid groups (broad SMARTS) is 1. The van der Waals surface area contributed by atoms with E-state index >= 15 is 0 Å². The first kappa shape index (κ1) is 25.4. The van der Waals surface area contributed by atoms with E-state index in [1.165, 1.54) is 6.08 Å². The maximum atomic E-state index is 14.8. The molecule has 5 nitrogen and oxygen atoms in total. The molecule has 0 bridgehead atoms. The molecule has 1 saturated carbocycles. The maximum Gasteiger partial charge on any atom is 1.00 e. The van der Waals surface area contributed by atoms with Gasteiger partial charge in [-0.15, -0.1) is 0 Å². The maximum absolute atomic E-state index is 14.8. The van der Waals surface area contributed by atoms with E-state index in [2.05, 4.69) is 11.8 Å². The van der Waals surface area contributed by atoms with Crippen molar-refractivity contribution >= 4 is 5.97 Å². The first-order chi connectivity index (χ1) is 12.8. The van der Waals surface area contributed by atoms with Crippen LogP contribution in [0.1, 0.15) is 58.3 Å². The quantitative estimate of drug-likeness (QED) is 0.298. The zero-order valence-electron chi connectivity index (χ0n) is 16.5. The molecule has 152 valence electrons. The Bertz CT molecular complexity index is 613. The summed E-state index contributed by atoms with van der Waals surface area (Å²) >= 11 is 0. The van der Waals surface area contributed by atoms with Crippen LogP contribution in [0.15, 0.2) is 11.8 Å². The fraction of sp³-hybridized carbons (Fsp3) is 0.750. The number of hydrogen-bond acceptors (Lipinski definition) is 5. The predicted octanol–water partition coefficient (Wildman–Crippen LogP) is -1.23. The van der Waals surface area contributed by atoms with Crippen LogP contribution in [0.3, 0.4) is 0 Å². The molecule has 0 amide bonds. The molecule has 1 heterocycles. The largest absolute Gasteiger partial charge is 1.00 e. The Kier molecular flexibility index (Phi) is 10.4. The SMILES string of the molecule is CCCCC[C@H](O)C#C[C@H]1[C@@H]2[C@H](C[C@H]1O)OC(=CCCCC(=O)[O-])C2(F)F.[Na+]. The molecule has 28 heavy (non-hydrogen) atoms. The molecule has 0 aromatic heterocycles. The van der Waals surface area contributed by atoms with Gasteiger partial charge in [0.15, 0.2) is 5.76 Å². The Morgan fingerprint density at radius 2 is 2.14 bits per heavy atom. The molecule has 2 aliphatic rings. The van der Waals surface area contributed by atoms with Crippen molar-refractivity contribution in [1.29, 1.82) is 0 Å². The number of alkyl halides is 2. The standard InChI is InChI=1S/C20H28F2O5.Na/c1-2-3-4-7-13(23)10-11-14-15(24)12-16-19(14)20(21,22)17(27-16)8-5-6-9-18(25)26;/h8,13-16,19,23-24H,2-7,9,12H2,1H3,(H,25,26);/q;+1/p-1/t13-,14+,15+,16-,19+;/m0./s1. The number of aliphatic hydroxyl groups excluding tert-OH is 2. The van der Waals surface area contributed by atoms with Gasteiger partial charge in [-0.25, -0.2) is 0 Å². The fourth-order valence-corrected chi connectivity index (χ4v) is 3.69. The van der Waals surface area contributed by atoms with Crippen molar-refractivity contribution in [3.05, 3.63) is 11.8 Å². The molecule has 8 heteroatoms. The number of carboxylic acids is 1. The molecule has 0 aromatic carbocycles. The first-order valence-corrected chi connectivity index (χ1v) is 9.59. The van der Waals surface area contributed by atoms with Gasteiger partial charge < -0.3 is 24.9 Å². The molecule has 2 rings (SSSR count). The van der Waals surface area contributed by atoms with Crippen molar-refractivity contribution in [2.75, 3.05) is 0 Å². The molecule has 5 atom stereocenters. The van der Waals surface area contributed by atoms with Crippen LogP contribution in [0.2, 0.25) is 0 Å². The van der Waals surface area contributed by atoms with Crippen molar-refractivity contribution < 1.29 is 63.2 Å². The van der Waals surface area contributed by atoms with Crippen molar-refractivity contribution in [3.63, 3.8) is 0 Å². The average molecular weight is 408 g/mol. The molecule has 0 radical (unpaired) electrons. The van der Waals surface area contributed by atoms with E-state index in [0.29, 0.717) is 6.42 Å². The van der Waals surface area contributed by atoms with E-state index < -0.39 is 47.8 Å². The van der Waals surface area contributed by atoms with Crippen LogP contribution in [0, 0.1) is 23.7 Å². The number of hydrogen-bond donors (Lipinski definition) is 2. The minimum atomic E-state index is -3.28. The van der Waals surface area contributed by atoms with E-state index in [-0.39, 0.29) is 55.2 Å². The summed E-state index contributed by atoms with van der Waals surface area (Å²) in [6, 6.07) is 0. The minimum absolute atomic E-state index is 0. The molecular weight excluding hydrogens is 381 g/mol. The van der Waals surface area contributed by atoms with Gasteiger partial charge >= 0.3 is 35.5 Å². The van der Waals surface area contributed by atoms with Crippen LogP contribution in [0.4, 0.5) is 8.78 Å². The van der Waals surface area contributed by atoms with E-state index in [1.807, 2.05) is 6.92 Å². The Balaban J connectivity index is 0.00000392. The van der Waals surface area contributed by atoms with Gasteiger partial charge in [-0.05, 0) is 38.2 Å². The van der Waals surface area contributed by atoms with Crippen LogP contribution in [-0.4, -0.2) is 40.4 Å². The zero-order valence-corrected chi connectivity index (χ0v) is 18.5.